The van der Waals surface area contributed by atoms with E-state index in [9.17, 15) is 61.5 Å². The lowest BCUT2D eigenvalue weighted by Gasteiger charge is -2.40. The normalized spacial score (nSPS) is 19.6. The van der Waals surface area contributed by atoms with Gasteiger partial charge in [-0.05, 0) is 0 Å². The van der Waals surface area contributed by atoms with Gasteiger partial charge >= 0.3 is 29.9 Å². The number of rotatable bonds is 4. The molecule has 0 amide bonds. The monoisotopic (exact) mass is 352 g/mol. The molecule has 0 aliphatic heterocycles. The maximum absolute atomic E-state index is 13.0. The molecule has 0 heterocycles. The predicted octanol–water partition coefficient (Wildman–Crippen LogP) is 4.69. The van der Waals surface area contributed by atoms with Gasteiger partial charge in [-0.2, -0.15) is 43.9 Å². The van der Waals surface area contributed by atoms with Crippen molar-refractivity contribution in [1.82, 2.24) is 0 Å². The van der Waals surface area contributed by atoms with Gasteiger partial charge in [0.05, 0.1) is 0 Å². The average molecular weight is 352 g/mol. The van der Waals surface area contributed by atoms with Crippen LogP contribution in [0.3, 0.4) is 0 Å². The first-order valence-electron chi connectivity index (χ1n) is 4.36. The highest BCUT2D eigenvalue weighted by molar-refractivity contribution is 5.13. The Morgan fingerprint density at radius 3 is 1.00 bits per heavy atom. The van der Waals surface area contributed by atoms with E-state index in [1.165, 1.54) is 0 Å². The summed E-state index contributed by atoms with van der Waals surface area (Å²) in [7, 11) is 0. The van der Waals surface area contributed by atoms with E-state index in [1.54, 1.807) is 0 Å². The summed E-state index contributed by atoms with van der Waals surface area (Å²) in [6.07, 6.45) is -25.9. The molecule has 0 saturated carbocycles. The molecule has 0 aliphatic carbocycles. The Kier molecular flexibility index (Phi) is 4.80. The molecule has 2 atom stereocenters. The molecule has 0 bridgehead atoms. The van der Waals surface area contributed by atoms with E-state index < -0.39 is 42.5 Å². The third-order valence-electron chi connectivity index (χ3n) is 2.22. The van der Waals surface area contributed by atoms with Crippen molar-refractivity contribution in [3.63, 3.8) is 0 Å². The summed E-state index contributed by atoms with van der Waals surface area (Å²) < 4.78 is 170. The largest absolute Gasteiger partial charge is 0.460 e. The number of halogens is 14. The first-order chi connectivity index (χ1) is 8.85. The van der Waals surface area contributed by atoms with Crippen LogP contribution in [0.1, 0.15) is 0 Å². The number of alkyl halides is 14. The van der Waals surface area contributed by atoms with E-state index in [4.69, 9.17) is 0 Å². The highest BCUT2D eigenvalue weighted by atomic mass is 19.4. The van der Waals surface area contributed by atoms with Gasteiger partial charge in [-0.15, -0.1) is 0 Å². The van der Waals surface area contributed by atoms with E-state index in [0.717, 1.165) is 0 Å². The Hall–Kier alpha value is -0.980. The van der Waals surface area contributed by atoms with Crippen LogP contribution in [0.2, 0.25) is 0 Å². The lowest BCUT2D eigenvalue weighted by atomic mass is 9.86. The van der Waals surface area contributed by atoms with Crippen LogP contribution in [-0.2, 0) is 0 Å². The fourth-order valence-electron chi connectivity index (χ4n) is 1.09. The van der Waals surface area contributed by atoms with Crippen LogP contribution in [0, 0.1) is 0 Å². The lowest BCUT2D eigenvalue weighted by Crippen LogP contribution is -2.71. The van der Waals surface area contributed by atoms with Crippen molar-refractivity contribution in [2.75, 3.05) is 0 Å². The summed E-state index contributed by atoms with van der Waals surface area (Å²) in [6.45, 7) is 0. The zero-order valence-electron chi connectivity index (χ0n) is 8.95. The van der Waals surface area contributed by atoms with Gasteiger partial charge in [0.25, 0.3) is 6.43 Å². The second kappa shape index (κ2) is 5.04. The standard InChI is InChI=1S/C7H2F14/c8-1(2(9)10)3(11,6(16,17)18)4(12,13)5(14,15)7(19,20)21/h1-2H. The molecule has 0 fully saturated rings. The van der Waals surface area contributed by atoms with Gasteiger partial charge in [-0.3, -0.25) is 0 Å². The van der Waals surface area contributed by atoms with Gasteiger partial charge in [-0.25, -0.2) is 17.6 Å². The van der Waals surface area contributed by atoms with E-state index in [0.29, 0.717) is 0 Å². The molecule has 0 spiro atoms. The fraction of sp³-hybridized carbons (Fsp3) is 1.00. The minimum atomic E-state index is -7.88. The molecule has 0 radical (unpaired) electrons. The van der Waals surface area contributed by atoms with Gasteiger partial charge in [0.1, 0.15) is 0 Å². The molecule has 2 unspecified atom stereocenters. The first kappa shape index (κ1) is 20.0. The van der Waals surface area contributed by atoms with Crippen LogP contribution >= 0.6 is 0 Å². The van der Waals surface area contributed by atoms with E-state index in [-0.39, 0.29) is 0 Å². The maximum atomic E-state index is 13.0. The Bertz CT molecular complexity index is 362. The lowest BCUT2D eigenvalue weighted by molar-refractivity contribution is -0.422. The molecular weight excluding hydrogens is 350 g/mol. The van der Waals surface area contributed by atoms with Crippen LogP contribution in [0.15, 0.2) is 0 Å². The molecule has 0 aromatic carbocycles. The molecule has 0 nitrogen and oxygen atoms in total. The third-order valence-corrected chi connectivity index (χ3v) is 2.22. The summed E-state index contributed by atoms with van der Waals surface area (Å²) in [4.78, 5) is 0. The predicted molar refractivity (Wildman–Crippen MR) is 36.7 cm³/mol. The smallest absolute Gasteiger partial charge is 0.237 e. The van der Waals surface area contributed by atoms with Crippen LogP contribution in [0.4, 0.5) is 61.5 Å². The Labute approximate surface area is 105 Å². The van der Waals surface area contributed by atoms with Crippen molar-refractivity contribution in [2.24, 2.45) is 0 Å². The highest BCUT2D eigenvalue weighted by Crippen LogP contribution is 2.59. The third kappa shape index (κ3) is 2.72. The first-order valence-corrected chi connectivity index (χ1v) is 4.36. The highest BCUT2D eigenvalue weighted by Gasteiger charge is 2.89. The van der Waals surface area contributed by atoms with Gasteiger partial charge in [-0.1, -0.05) is 0 Å². The SMILES string of the molecule is FC(F)C(F)C(F)(C(F)(F)F)C(F)(F)C(F)(F)C(F)(F)F. The van der Waals surface area contributed by atoms with Crippen molar-refractivity contribution in [1.29, 1.82) is 0 Å². The second-order valence-electron chi connectivity index (χ2n) is 3.59. The number of hydrogen-bond acceptors (Lipinski definition) is 0. The Morgan fingerprint density at radius 1 is 0.476 bits per heavy atom. The molecule has 0 aliphatic rings. The summed E-state index contributed by atoms with van der Waals surface area (Å²) in [6, 6.07) is 0. The van der Waals surface area contributed by atoms with E-state index in [1.807, 2.05) is 0 Å². The van der Waals surface area contributed by atoms with Gasteiger partial charge in [0, 0.05) is 0 Å². The fourth-order valence-corrected chi connectivity index (χ4v) is 1.09. The minimum absolute atomic E-state index is 5.24. The molecule has 14 heteroatoms. The summed E-state index contributed by atoms with van der Waals surface area (Å²) >= 11 is 0. The molecule has 128 valence electrons. The zero-order chi connectivity index (χ0) is 17.7. The molecule has 0 N–H and O–H groups in total. The maximum Gasteiger partial charge on any atom is 0.460 e. The minimum Gasteiger partial charge on any atom is -0.237 e. The van der Waals surface area contributed by atoms with Crippen molar-refractivity contribution in [2.45, 2.75) is 42.5 Å². The molecular formula is C7H2F14. The quantitative estimate of drug-likeness (QED) is 0.644. The molecule has 0 aromatic rings. The van der Waals surface area contributed by atoms with Gasteiger partial charge < -0.3 is 0 Å². The summed E-state index contributed by atoms with van der Waals surface area (Å²) in [5.41, 5.74) is -7.47. The Morgan fingerprint density at radius 2 is 0.810 bits per heavy atom. The zero-order valence-corrected chi connectivity index (χ0v) is 8.95. The van der Waals surface area contributed by atoms with Crippen LogP contribution < -0.4 is 0 Å². The van der Waals surface area contributed by atoms with Crippen LogP contribution in [-0.4, -0.2) is 42.5 Å². The second-order valence-corrected chi connectivity index (χ2v) is 3.59. The average Bonchev–Trinajstić information content (AvgIpc) is 2.22. The van der Waals surface area contributed by atoms with Crippen molar-refractivity contribution >= 4 is 0 Å². The van der Waals surface area contributed by atoms with E-state index in [2.05, 4.69) is 0 Å². The van der Waals surface area contributed by atoms with Gasteiger partial charge in [0.15, 0.2) is 0 Å². The van der Waals surface area contributed by atoms with Crippen molar-refractivity contribution in [3.05, 3.63) is 0 Å². The van der Waals surface area contributed by atoms with Crippen LogP contribution in [0.25, 0.3) is 0 Å². The number of hydrogen-bond donors (Lipinski definition) is 0. The summed E-state index contributed by atoms with van der Waals surface area (Å²) in [5.74, 6) is -15.6. The van der Waals surface area contributed by atoms with Gasteiger partial charge in [0.2, 0.25) is 6.17 Å². The molecule has 0 aromatic heterocycles. The van der Waals surface area contributed by atoms with Crippen molar-refractivity contribution < 1.29 is 61.5 Å². The Balaban J connectivity index is 6.33. The topological polar surface area (TPSA) is 0 Å². The van der Waals surface area contributed by atoms with E-state index >= 15 is 0 Å². The van der Waals surface area contributed by atoms with Crippen molar-refractivity contribution in [3.8, 4) is 0 Å². The molecule has 0 saturated heterocycles. The molecule has 21 heavy (non-hydrogen) atoms. The summed E-state index contributed by atoms with van der Waals surface area (Å²) in [5, 5.41) is 0. The molecule has 0 rings (SSSR count). The van der Waals surface area contributed by atoms with Crippen LogP contribution in [0.5, 0.6) is 0 Å².